The van der Waals surface area contributed by atoms with Crippen molar-refractivity contribution in [3.63, 3.8) is 0 Å². The number of ether oxygens (including phenoxy) is 2. The van der Waals surface area contributed by atoms with Gasteiger partial charge < -0.3 is 20.1 Å². The Labute approximate surface area is 234 Å². The van der Waals surface area contributed by atoms with Gasteiger partial charge in [-0.2, -0.15) is 19.0 Å². The molecular formula is C28H27ClF2N6O3. The average Bonchev–Trinajstić information content (AvgIpc) is 3.66. The number of nitrogens with one attached hydrogen (secondary N) is 2. The number of amides is 1. The van der Waals surface area contributed by atoms with E-state index < -0.39 is 11.6 Å². The molecule has 0 spiro atoms. The van der Waals surface area contributed by atoms with Gasteiger partial charge >= 0.3 is 0 Å². The van der Waals surface area contributed by atoms with Crippen LogP contribution >= 0.6 is 11.6 Å². The molecule has 40 heavy (non-hydrogen) atoms. The Morgan fingerprint density at radius 2 is 1.98 bits per heavy atom. The topological polar surface area (TPSA) is 93.0 Å². The van der Waals surface area contributed by atoms with E-state index in [1.807, 2.05) is 0 Å². The highest BCUT2D eigenvalue weighted by Crippen LogP contribution is 2.33. The van der Waals surface area contributed by atoms with Crippen LogP contribution in [0.5, 0.6) is 11.6 Å². The molecule has 12 heteroatoms. The second-order valence-electron chi connectivity index (χ2n) is 9.75. The number of nitrogens with zero attached hydrogens (tertiary/aromatic N) is 4. The first-order valence-corrected chi connectivity index (χ1v) is 13.5. The standard InChI is InChI=1S/C28H27ClF2N6O3/c29-21-14-17(4-7-19(21)28(38)34-18-5-6-18)20-16-33-37-24(32-8-9-36-10-12-39-13-11-36)15-25(35-27(20)37)40-23-3-1-2-22(30)26(23)31/h1-4,7,14-16,18,32H,5-6,8-13H2,(H,34,38). The van der Waals surface area contributed by atoms with E-state index in [9.17, 15) is 13.6 Å². The van der Waals surface area contributed by atoms with Crippen molar-refractivity contribution in [2.24, 2.45) is 0 Å². The van der Waals surface area contributed by atoms with Crippen molar-refractivity contribution in [1.82, 2.24) is 24.8 Å². The molecule has 2 aromatic carbocycles. The Kier molecular flexibility index (Phi) is 7.50. The number of rotatable bonds is 9. The van der Waals surface area contributed by atoms with Crippen molar-refractivity contribution in [2.45, 2.75) is 18.9 Å². The third-order valence-corrected chi connectivity index (χ3v) is 7.17. The van der Waals surface area contributed by atoms with Crippen molar-refractivity contribution in [3.05, 3.63) is 70.9 Å². The SMILES string of the molecule is O=C(NC1CC1)c1ccc(-c2cnn3c(NCCN4CCOCC4)cc(Oc4cccc(F)c4F)nc23)cc1Cl. The zero-order chi connectivity index (χ0) is 27.6. The Balaban J connectivity index is 1.33. The molecule has 0 unspecified atom stereocenters. The van der Waals surface area contributed by atoms with Crippen LogP contribution in [0, 0.1) is 11.6 Å². The van der Waals surface area contributed by atoms with Crippen LogP contribution in [0.1, 0.15) is 23.2 Å². The minimum absolute atomic E-state index is 0.0548. The fraction of sp³-hybridized carbons (Fsp3) is 0.321. The first-order valence-electron chi connectivity index (χ1n) is 13.1. The predicted octanol–water partition coefficient (Wildman–Crippen LogP) is 4.76. The van der Waals surface area contributed by atoms with E-state index in [0.29, 0.717) is 52.9 Å². The maximum atomic E-state index is 14.4. The molecule has 3 heterocycles. The van der Waals surface area contributed by atoms with Crippen LogP contribution in [-0.4, -0.2) is 70.8 Å². The molecule has 4 aromatic rings. The normalized spacial score (nSPS) is 15.8. The number of aromatic nitrogens is 3. The molecule has 0 bridgehead atoms. The number of hydrogen-bond acceptors (Lipinski definition) is 7. The molecule has 0 radical (unpaired) electrons. The number of halogens is 3. The van der Waals surface area contributed by atoms with Crippen molar-refractivity contribution in [2.75, 3.05) is 44.7 Å². The molecule has 2 N–H and O–H groups in total. The fourth-order valence-electron chi connectivity index (χ4n) is 4.52. The first kappa shape index (κ1) is 26.4. The Morgan fingerprint density at radius 1 is 1.15 bits per heavy atom. The van der Waals surface area contributed by atoms with E-state index in [-0.39, 0.29) is 23.6 Å². The predicted molar refractivity (Wildman–Crippen MR) is 146 cm³/mol. The number of morpholine rings is 1. The molecule has 9 nitrogen and oxygen atoms in total. The summed E-state index contributed by atoms with van der Waals surface area (Å²) in [4.78, 5) is 19.4. The molecule has 1 aliphatic heterocycles. The molecule has 1 saturated heterocycles. The lowest BCUT2D eigenvalue weighted by Crippen LogP contribution is -2.39. The highest BCUT2D eigenvalue weighted by atomic mass is 35.5. The van der Waals surface area contributed by atoms with Crippen LogP contribution in [-0.2, 0) is 4.74 Å². The fourth-order valence-corrected chi connectivity index (χ4v) is 4.79. The molecule has 208 valence electrons. The Morgan fingerprint density at radius 3 is 2.75 bits per heavy atom. The van der Waals surface area contributed by atoms with Gasteiger partial charge in [-0.1, -0.05) is 23.7 Å². The molecule has 6 rings (SSSR count). The third-order valence-electron chi connectivity index (χ3n) is 6.85. The smallest absolute Gasteiger partial charge is 0.253 e. The number of carbonyl (C=O) groups is 1. The van der Waals surface area contributed by atoms with Gasteiger partial charge in [-0.3, -0.25) is 9.69 Å². The van der Waals surface area contributed by atoms with Crippen LogP contribution in [0.15, 0.2) is 48.7 Å². The van der Waals surface area contributed by atoms with E-state index in [2.05, 4.69) is 25.6 Å². The second-order valence-corrected chi connectivity index (χ2v) is 10.2. The van der Waals surface area contributed by atoms with E-state index in [0.717, 1.165) is 38.5 Å². The molecule has 1 saturated carbocycles. The molecule has 2 fully saturated rings. The lowest BCUT2D eigenvalue weighted by Gasteiger charge is -2.26. The summed E-state index contributed by atoms with van der Waals surface area (Å²) in [5.74, 6) is -2.01. The van der Waals surface area contributed by atoms with Gasteiger partial charge in [-0.05, 0) is 42.7 Å². The van der Waals surface area contributed by atoms with Crippen LogP contribution in [0.25, 0.3) is 16.8 Å². The number of hydrogen-bond donors (Lipinski definition) is 2. The minimum atomic E-state index is -1.11. The highest BCUT2D eigenvalue weighted by Gasteiger charge is 2.25. The van der Waals surface area contributed by atoms with Gasteiger partial charge in [0.1, 0.15) is 5.82 Å². The Bertz CT molecular complexity index is 1550. The quantitative estimate of drug-likeness (QED) is 0.301. The number of fused-ring (bicyclic) bond motifs is 1. The van der Waals surface area contributed by atoms with E-state index >= 15 is 0 Å². The van der Waals surface area contributed by atoms with Crippen molar-refractivity contribution in [1.29, 1.82) is 0 Å². The zero-order valence-electron chi connectivity index (χ0n) is 21.5. The summed E-state index contributed by atoms with van der Waals surface area (Å²) in [6.07, 6.45) is 3.59. The maximum Gasteiger partial charge on any atom is 0.253 e. The molecule has 1 amide bonds. The Hall–Kier alpha value is -3.80. The van der Waals surface area contributed by atoms with Gasteiger partial charge in [0.2, 0.25) is 11.7 Å². The molecule has 0 atom stereocenters. The van der Waals surface area contributed by atoms with Gasteiger partial charge in [0.25, 0.3) is 5.91 Å². The molecule has 2 aromatic heterocycles. The summed E-state index contributed by atoms with van der Waals surface area (Å²) in [5.41, 5.74) is 2.11. The van der Waals surface area contributed by atoms with Crippen LogP contribution in [0.2, 0.25) is 5.02 Å². The van der Waals surface area contributed by atoms with Crippen LogP contribution in [0.4, 0.5) is 14.6 Å². The second kappa shape index (κ2) is 11.4. The van der Waals surface area contributed by atoms with Crippen LogP contribution < -0.4 is 15.4 Å². The lowest BCUT2D eigenvalue weighted by molar-refractivity contribution is 0.0398. The average molecular weight is 569 g/mol. The van der Waals surface area contributed by atoms with Crippen molar-refractivity contribution >= 4 is 29.0 Å². The maximum absolute atomic E-state index is 14.4. The minimum Gasteiger partial charge on any atom is -0.436 e. The van der Waals surface area contributed by atoms with Crippen molar-refractivity contribution in [3.8, 4) is 22.8 Å². The largest absolute Gasteiger partial charge is 0.436 e. The van der Waals surface area contributed by atoms with E-state index in [1.165, 1.54) is 12.1 Å². The van der Waals surface area contributed by atoms with Gasteiger partial charge in [0, 0.05) is 43.9 Å². The third kappa shape index (κ3) is 5.72. The number of anilines is 1. The van der Waals surface area contributed by atoms with Gasteiger partial charge in [-0.25, -0.2) is 4.39 Å². The van der Waals surface area contributed by atoms with Gasteiger partial charge in [0.05, 0.1) is 30.0 Å². The summed E-state index contributed by atoms with van der Waals surface area (Å²) >= 11 is 6.50. The highest BCUT2D eigenvalue weighted by molar-refractivity contribution is 6.34. The summed E-state index contributed by atoms with van der Waals surface area (Å²) in [6, 6.07) is 10.6. The van der Waals surface area contributed by atoms with Crippen LogP contribution in [0.3, 0.4) is 0 Å². The summed E-state index contributed by atoms with van der Waals surface area (Å²) < 4.78 is 41.0. The van der Waals surface area contributed by atoms with Gasteiger partial charge in [0.15, 0.2) is 17.2 Å². The lowest BCUT2D eigenvalue weighted by atomic mass is 10.1. The van der Waals surface area contributed by atoms with Crippen molar-refractivity contribution < 1.29 is 23.0 Å². The molecule has 1 aliphatic carbocycles. The number of benzene rings is 2. The molecular weight excluding hydrogens is 542 g/mol. The first-order chi connectivity index (χ1) is 19.5. The van der Waals surface area contributed by atoms with Gasteiger partial charge in [-0.15, -0.1) is 0 Å². The summed E-state index contributed by atoms with van der Waals surface area (Å²) in [6.45, 7) is 4.46. The van der Waals surface area contributed by atoms with E-state index in [1.54, 1.807) is 35.0 Å². The summed E-state index contributed by atoms with van der Waals surface area (Å²) in [7, 11) is 0. The summed E-state index contributed by atoms with van der Waals surface area (Å²) in [5, 5.41) is 11.1. The molecule has 2 aliphatic rings. The monoisotopic (exact) mass is 568 g/mol. The zero-order valence-corrected chi connectivity index (χ0v) is 22.3. The number of carbonyl (C=O) groups excluding carboxylic acids is 1. The van der Waals surface area contributed by atoms with E-state index in [4.69, 9.17) is 21.1 Å².